The molecule has 6 nitrogen and oxygen atoms in total. The van der Waals surface area contributed by atoms with Crippen molar-refractivity contribution in [3.8, 4) is 5.75 Å². The number of benzene rings is 2. The van der Waals surface area contributed by atoms with Gasteiger partial charge in [-0.2, -0.15) is 0 Å². The fourth-order valence-electron chi connectivity index (χ4n) is 3.69. The zero-order valence-electron chi connectivity index (χ0n) is 18.8. The molecule has 1 heterocycles. The molecule has 3 rings (SSSR count). The van der Waals surface area contributed by atoms with Crippen LogP contribution in [0.1, 0.15) is 17.5 Å². The molecule has 31 heavy (non-hydrogen) atoms. The second-order valence-electron chi connectivity index (χ2n) is 7.70. The van der Waals surface area contributed by atoms with E-state index in [2.05, 4.69) is 76.0 Å². The molecule has 0 aromatic heterocycles. The molecule has 1 saturated heterocycles. The summed E-state index contributed by atoms with van der Waals surface area (Å²) in [6, 6.07) is 16.9. The molecule has 0 saturated carbocycles. The van der Waals surface area contributed by atoms with Gasteiger partial charge in [0.2, 0.25) is 0 Å². The normalized spacial score (nSPS) is 16.0. The summed E-state index contributed by atoms with van der Waals surface area (Å²) in [5.41, 5.74) is 3.59. The van der Waals surface area contributed by atoms with Crippen LogP contribution >= 0.6 is 24.0 Å². The highest BCUT2D eigenvalue weighted by Gasteiger charge is 2.22. The molecule has 0 amide bonds. The highest BCUT2D eigenvalue weighted by molar-refractivity contribution is 14.0. The topological polar surface area (TPSA) is 58.1 Å². The first kappa shape index (κ1) is 25.3. The van der Waals surface area contributed by atoms with E-state index in [1.165, 1.54) is 17.7 Å². The van der Waals surface area contributed by atoms with Crippen LogP contribution in [0, 0.1) is 12.8 Å². The lowest BCUT2D eigenvalue weighted by Gasteiger charge is -2.19. The number of hydrogen-bond acceptors (Lipinski definition) is 4. The quantitative estimate of drug-likeness (QED) is 0.220. The molecule has 170 valence electrons. The van der Waals surface area contributed by atoms with Crippen LogP contribution in [0.2, 0.25) is 0 Å². The summed E-state index contributed by atoms with van der Waals surface area (Å²) < 4.78 is 11.0. The molecule has 1 unspecified atom stereocenters. The van der Waals surface area contributed by atoms with E-state index < -0.39 is 0 Å². The van der Waals surface area contributed by atoms with Crippen LogP contribution < -0.4 is 20.3 Å². The standard InChI is InChI=1S/C24H34N4O2.HI/c1-19-9-10-21(23(15-19)30-14-13-29-3)17-27-24(25-2)26-16-20-11-12-28(18-20)22-7-5-4-6-8-22;/h4-10,15,20H,11-14,16-18H2,1-3H3,(H2,25,26,27);1H. The summed E-state index contributed by atoms with van der Waals surface area (Å²) in [5.74, 6) is 2.32. The highest BCUT2D eigenvalue weighted by atomic mass is 127. The van der Waals surface area contributed by atoms with E-state index in [9.17, 15) is 0 Å². The van der Waals surface area contributed by atoms with Gasteiger partial charge in [0, 0.05) is 51.6 Å². The van der Waals surface area contributed by atoms with E-state index in [-0.39, 0.29) is 24.0 Å². The molecule has 7 heteroatoms. The molecule has 0 spiro atoms. The van der Waals surface area contributed by atoms with Crippen molar-refractivity contribution in [2.75, 3.05) is 51.9 Å². The Morgan fingerprint density at radius 2 is 1.94 bits per heavy atom. The Morgan fingerprint density at radius 3 is 2.68 bits per heavy atom. The molecule has 1 fully saturated rings. The van der Waals surface area contributed by atoms with Crippen LogP contribution in [0.25, 0.3) is 0 Å². The Morgan fingerprint density at radius 1 is 1.13 bits per heavy atom. The first-order valence-corrected chi connectivity index (χ1v) is 10.7. The Hall–Kier alpha value is -2.00. The van der Waals surface area contributed by atoms with Gasteiger partial charge < -0.3 is 25.0 Å². The van der Waals surface area contributed by atoms with Gasteiger partial charge in [-0.15, -0.1) is 24.0 Å². The Bertz CT molecular complexity index is 816. The van der Waals surface area contributed by atoms with Crippen molar-refractivity contribution < 1.29 is 9.47 Å². The van der Waals surface area contributed by atoms with Crippen molar-refractivity contribution >= 4 is 35.6 Å². The molecule has 2 aromatic carbocycles. The third kappa shape index (κ3) is 7.88. The summed E-state index contributed by atoms with van der Waals surface area (Å²) in [7, 11) is 3.49. The molecule has 1 aliphatic heterocycles. The second-order valence-corrected chi connectivity index (χ2v) is 7.70. The zero-order chi connectivity index (χ0) is 21.2. The van der Waals surface area contributed by atoms with E-state index in [1.807, 2.05) is 7.05 Å². The van der Waals surface area contributed by atoms with E-state index in [0.717, 1.165) is 36.9 Å². The van der Waals surface area contributed by atoms with Gasteiger partial charge in [0.05, 0.1) is 6.61 Å². The monoisotopic (exact) mass is 538 g/mol. The van der Waals surface area contributed by atoms with Crippen LogP contribution in [0.5, 0.6) is 5.75 Å². The predicted octanol–water partition coefficient (Wildman–Crippen LogP) is 3.83. The van der Waals surface area contributed by atoms with Crippen LogP contribution in [0.4, 0.5) is 5.69 Å². The number of ether oxygens (including phenoxy) is 2. The first-order chi connectivity index (χ1) is 14.7. The molecule has 1 aliphatic rings. The number of methoxy groups -OCH3 is 1. The first-order valence-electron chi connectivity index (χ1n) is 10.7. The molecular formula is C24H35IN4O2. The molecule has 0 aliphatic carbocycles. The Balaban J connectivity index is 0.00000341. The van der Waals surface area contributed by atoms with Gasteiger partial charge in [-0.3, -0.25) is 4.99 Å². The third-order valence-corrected chi connectivity index (χ3v) is 5.40. The van der Waals surface area contributed by atoms with Crippen LogP contribution in [0.15, 0.2) is 53.5 Å². The number of rotatable bonds is 9. The van der Waals surface area contributed by atoms with Gasteiger partial charge in [-0.25, -0.2) is 0 Å². The molecule has 1 atom stereocenters. The van der Waals surface area contributed by atoms with Crippen molar-refractivity contribution in [3.63, 3.8) is 0 Å². The molecule has 0 bridgehead atoms. The smallest absolute Gasteiger partial charge is 0.191 e. The number of anilines is 1. The van der Waals surface area contributed by atoms with E-state index in [0.29, 0.717) is 25.7 Å². The fourth-order valence-corrected chi connectivity index (χ4v) is 3.69. The van der Waals surface area contributed by atoms with Gasteiger partial charge in [0.1, 0.15) is 12.4 Å². The summed E-state index contributed by atoms with van der Waals surface area (Å²) in [5, 5.41) is 6.91. The number of guanidine groups is 1. The minimum atomic E-state index is 0. The van der Waals surface area contributed by atoms with Crippen molar-refractivity contribution in [2.24, 2.45) is 10.9 Å². The van der Waals surface area contributed by atoms with E-state index in [4.69, 9.17) is 9.47 Å². The SMILES string of the molecule is CN=C(NCc1ccc(C)cc1OCCOC)NCC1CCN(c2ccccc2)C1.I. The fraction of sp³-hybridized carbons (Fsp3) is 0.458. The summed E-state index contributed by atoms with van der Waals surface area (Å²) in [6.07, 6.45) is 1.19. The summed E-state index contributed by atoms with van der Waals surface area (Å²) in [4.78, 5) is 6.84. The van der Waals surface area contributed by atoms with Crippen LogP contribution in [0.3, 0.4) is 0 Å². The largest absolute Gasteiger partial charge is 0.491 e. The van der Waals surface area contributed by atoms with Gasteiger partial charge >= 0.3 is 0 Å². The van der Waals surface area contributed by atoms with Crippen molar-refractivity contribution in [3.05, 3.63) is 59.7 Å². The molecule has 2 N–H and O–H groups in total. The van der Waals surface area contributed by atoms with Gasteiger partial charge in [-0.05, 0) is 43.0 Å². The minimum Gasteiger partial charge on any atom is -0.491 e. The molecular weight excluding hydrogens is 503 g/mol. The average molecular weight is 538 g/mol. The third-order valence-electron chi connectivity index (χ3n) is 5.40. The maximum Gasteiger partial charge on any atom is 0.191 e. The van der Waals surface area contributed by atoms with Gasteiger partial charge in [0.15, 0.2) is 5.96 Å². The number of aliphatic imine (C=N–C) groups is 1. The van der Waals surface area contributed by atoms with E-state index >= 15 is 0 Å². The van der Waals surface area contributed by atoms with Crippen molar-refractivity contribution in [1.29, 1.82) is 0 Å². The maximum atomic E-state index is 5.89. The van der Waals surface area contributed by atoms with E-state index in [1.54, 1.807) is 7.11 Å². The second kappa shape index (κ2) is 13.4. The number of halogens is 1. The summed E-state index contributed by atoms with van der Waals surface area (Å²) in [6.45, 7) is 6.93. The zero-order valence-corrected chi connectivity index (χ0v) is 21.1. The van der Waals surface area contributed by atoms with Crippen molar-refractivity contribution in [1.82, 2.24) is 10.6 Å². The maximum absolute atomic E-state index is 5.89. The number of aryl methyl sites for hydroxylation is 1. The predicted molar refractivity (Wildman–Crippen MR) is 139 cm³/mol. The number of nitrogens with zero attached hydrogens (tertiary/aromatic N) is 2. The number of hydrogen-bond donors (Lipinski definition) is 2. The van der Waals surface area contributed by atoms with Gasteiger partial charge in [0.25, 0.3) is 0 Å². The Kier molecular flexibility index (Phi) is 10.9. The highest BCUT2D eigenvalue weighted by Crippen LogP contribution is 2.23. The summed E-state index contributed by atoms with van der Waals surface area (Å²) >= 11 is 0. The Labute approximate surface area is 203 Å². The minimum absolute atomic E-state index is 0. The molecule has 2 aromatic rings. The number of nitrogens with one attached hydrogen (secondary N) is 2. The number of para-hydroxylation sites is 1. The van der Waals surface area contributed by atoms with Crippen LogP contribution in [-0.2, 0) is 11.3 Å². The van der Waals surface area contributed by atoms with Crippen molar-refractivity contribution in [2.45, 2.75) is 19.9 Å². The lowest BCUT2D eigenvalue weighted by Crippen LogP contribution is -2.40. The molecule has 0 radical (unpaired) electrons. The lowest BCUT2D eigenvalue weighted by atomic mass is 10.1. The van der Waals surface area contributed by atoms with Gasteiger partial charge in [-0.1, -0.05) is 30.3 Å². The average Bonchev–Trinajstić information content (AvgIpc) is 3.25. The lowest BCUT2D eigenvalue weighted by molar-refractivity contribution is 0.145. The van der Waals surface area contributed by atoms with Crippen LogP contribution in [-0.4, -0.2) is 53.0 Å².